The summed E-state index contributed by atoms with van der Waals surface area (Å²) in [5.74, 6) is 0.179. The van der Waals surface area contributed by atoms with Crippen LogP contribution >= 0.6 is 23.2 Å². The average molecular weight is 311 g/mol. The van der Waals surface area contributed by atoms with E-state index in [1.54, 1.807) is 37.3 Å². The van der Waals surface area contributed by atoms with Crippen molar-refractivity contribution in [3.63, 3.8) is 0 Å². The highest BCUT2D eigenvalue weighted by Gasteiger charge is 2.07. The zero-order chi connectivity index (χ0) is 14.5. The zero-order valence-electron chi connectivity index (χ0n) is 10.7. The van der Waals surface area contributed by atoms with E-state index in [-0.39, 0.29) is 0 Å². The lowest BCUT2D eigenvalue weighted by molar-refractivity contribution is 0.0526. The third-order valence-corrected chi connectivity index (χ3v) is 3.02. The number of carbonyl (C=O) groups excluding carboxylic acids is 1. The highest BCUT2D eigenvalue weighted by atomic mass is 35.5. The Morgan fingerprint density at radius 1 is 1.30 bits per heavy atom. The van der Waals surface area contributed by atoms with Gasteiger partial charge < -0.3 is 10.1 Å². The summed E-state index contributed by atoms with van der Waals surface area (Å²) in [6, 6.07) is 8.43. The molecule has 1 N–H and O–H groups in total. The molecule has 0 bridgehead atoms. The third kappa shape index (κ3) is 3.62. The molecule has 104 valence electrons. The van der Waals surface area contributed by atoms with Crippen LogP contribution in [0.25, 0.3) is 0 Å². The van der Waals surface area contributed by atoms with Crippen LogP contribution in [0.1, 0.15) is 17.3 Å². The lowest BCUT2D eigenvalue weighted by Gasteiger charge is -2.08. The van der Waals surface area contributed by atoms with E-state index in [4.69, 9.17) is 27.9 Å². The second-order valence-electron chi connectivity index (χ2n) is 3.90. The largest absolute Gasteiger partial charge is 0.462 e. The van der Waals surface area contributed by atoms with Gasteiger partial charge in [0.05, 0.1) is 22.9 Å². The van der Waals surface area contributed by atoms with Crippen LogP contribution in [0.5, 0.6) is 0 Å². The zero-order valence-corrected chi connectivity index (χ0v) is 12.2. The van der Waals surface area contributed by atoms with Crippen LogP contribution in [0.4, 0.5) is 11.5 Å². The van der Waals surface area contributed by atoms with Crippen LogP contribution < -0.4 is 5.32 Å². The highest BCUT2D eigenvalue weighted by Crippen LogP contribution is 2.27. The van der Waals surface area contributed by atoms with Gasteiger partial charge in [-0.25, -0.2) is 9.78 Å². The molecule has 2 aromatic rings. The summed E-state index contributed by atoms with van der Waals surface area (Å²) < 4.78 is 4.88. The molecule has 0 amide bonds. The molecular weight excluding hydrogens is 299 g/mol. The number of halogens is 2. The number of carbonyl (C=O) groups is 1. The number of nitrogens with one attached hydrogen (secondary N) is 1. The molecule has 20 heavy (non-hydrogen) atoms. The first kappa shape index (κ1) is 14.6. The van der Waals surface area contributed by atoms with Crippen LogP contribution in [-0.2, 0) is 4.74 Å². The Kier molecular flexibility index (Phi) is 4.82. The van der Waals surface area contributed by atoms with Crippen LogP contribution in [0.15, 0.2) is 36.5 Å². The van der Waals surface area contributed by atoms with Gasteiger partial charge in [0.1, 0.15) is 5.82 Å². The average Bonchev–Trinajstić information content (AvgIpc) is 2.43. The topological polar surface area (TPSA) is 51.2 Å². The molecule has 2 rings (SSSR count). The minimum atomic E-state index is -0.393. The number of hydrogen-bond acceptors (Lipinski definition) is 4. The Labute approximate surface area is 126 Å². The summed E-state index contributed by atoms with van der Waals surface area (Å²) in [6.45, 7) is 2.09. The molecule has 0 radical (unpaired) electrons. The summed E-state index contributed by atoms with van der Waals surface area (Å²) in [4.78, 5) is 15.6. The molecule has 0 atom stereocenters. The van der Waals surface area contributed by atoms with Crippen molar-refractivity contribution in [3.05, 3.63) is 52.1 Å². The Balaban J connectivity index is 2.12. The van der Waals surface area contributed by atoms with Gasteiger partial charge in [-0.15, -0.1) is 0 Å². The van der Waals surface area contributed by atoms with E-state index < -0.39 is 5.97 Å². The van der Waals surface area contributed by atoms with Crippen molar-refractivity contribution in [1.29, 1.82) is 0 Å². The second kappa shape index (κ2) is 6.59. The SMILES string of the molecule is CCOC(=O)c1ccc(Nc2ccc(Cl)cc2Cl)nc1. The monoisotopic (exact) mass is 310 g/mol. The number of hydrogen-bond donors (Lipinski definition) is 1. The standard InChI is InChI=1S/C14H12Cl2N2O2/c1-2-20-14(19)9-3-6-13(17-8-9)18-12-5-4-10(15)7-11(12)16/h3-8H,2H2,1H3,(H,17,18). The third-order valence-electron chi connectivity index (χ3n) is 2.47. The van der Waals surface area contributed by atoms with Gasteiger partial charge in [-0.3, -0.25) is 0 Å². The smallest absolute Gasteiger partial charge is 0.339 e. The minimum absolute atomic E-state index is 0.333. The molecule has 0 aliphatic carbocycles. The molecule has 6 heteroatoms. The van der Waals surface area contributed by atoms with Crippen molar-refractivity contribution in [3.8, 4) is 0 Å². The van der Waals surface area contributed by atoms with Crippen LogP contribution in [0, 0.1) is 0 Å². The first-order chi connectivity index (χ1) is 9.60. The van der Waals surface area contributed by atoms with Gasteiger partial charge in [-0.2, -0.15) is 0 Å². The summed E-state index contributed by atoms with van der Waals surface area (Å²) >= 11 is 11.9. The fourth-order valence-corrected chi connectivity index (χ4v) is 1.99. The van der Waals surface area contributed by atoms with Crippen molar-refractivity contribution < 1.29 is 9.53 Å². The molecule has 0 spiro atoms. The van der Waals surface area contributed by atoms with E-state index >= 15 is 0 Å². The maximum absolute atomic E-state index is 11.5. The van der Waals surface area contributed by atoms with E-state index in [0.717, 1.165) is 0 Å². The number of nitrogens with zero attached hydrogens (tertiary/aromatic N) is 1. The van der Waals surface area contributed by atoms with Gasteiger partial charge in [-0.1, -0.05) is 23.2 Å². The normalized spacial score (nSPS) is 10.2. The summed E-state index contributed by atoms with van der Waals surface area (Å²) in [7, 11) is 0. The first-order valence-electron chi connectivity index (χ1n) is 5.95. The van der Waals surface area contributed by atoms with Crippen LogP contribution in [-0.4, -0.2) is 17.6 Å². The van der Waals surface area contributed by atoms with Gasteiger partial charge in [0.25, 0.3) is 0 Å². The number of anilines is 2. The molecule has 1 aromatic heterocycles. The van der Waals surface area contributed by atoms with Crippen molar-refractivity contribution in [2.45, 2.75) is 6.92 Å². The van der Waals surface area contributed by atoms with Crippen molar-refractivity contribution in [2.24, 2.45) is 0 Å². The lowest BCUT2D eigenvalue weighted by atomic mass is 10.2. The number of esters is 1. The fourth-order valence-electron chi connectivity index (χ4n) is 1.53. The van der Waals surface area contributed by atoms with Gasteiger partial charge in [0.15, 0.2) is 0 Å². The van der Waals surface area contributed by atoms with Gasteiger partial charge in [0.2, 0.25) is 0 Å². The van der Waals surface area contributed by atoms with Gasteiger partial charge >= 0.3 is 5.97 Å². The molecule has 1 heterocycles. The van der Waals surface area contributed by atoms with E-state index in [1.165, 1.54) is 6.20 Å². The predicted octanol–water partition coefficient (Wildman–Crippen LogP) is 4.31. The Hall–Kier alpha value is -1.78. The first-order valence-corrected chi connectivity index (χ1v) is 6.71. The van der Waals surface area contributed by atoms with Crippen molar-refractivity contribution in [2.75, 3.05) is 11.9 Å². The maximum Gasteiger partial charge on any atom is 0.339 e. The number of aromatic nitrogens is 1. The molecule has 0 unspecified atom stereocenters. The van der Waals surface area contributed by atoms with Crippen molar-refractivity contribution >= 4 is 40.7 Å². The second-order valence-corrected chi connectivity index (χ2v) is 4.75. The van der Waals surface area contributed by atoms with E-state index in [1.807, 2.05) is 0 Å². The summed E-state index contributed by atoms with van der Waals surface area (Å²) in [5, 5.41) is 4.10. The fraction of sp³-hybridized carbons (Fsp3) is 0.143. The number of rotatable bonds is 4. The van der Waals surface area contributed by atoms with Gasteiger partial charge in [-0.05, 0) is 37.3 Å². The van der Waals surface area contributed by atoms with E-state index in [9.17, 15) is 4.79 Å². The molecule has 0 aliphatic heterocycles. The Bertz CT molecular complexity index is 615. The van der Waals surface area contributed by atoms with Gasteiger partial charge in [0, 0.05) is 11.2 Å². The molecular formula is C14H12Cl2N2O2. The summed E-state index contributed by atoms with van der Waals surface area (Å²) in [5.41, 5.74) is 1.09. The highest BCUT2D eigenvalue weighted by molar-refractivity contribution is 6.36. The predicted molar refractivity (Wildman–Crippen MR) is 79.9 cm³/mol. The molecule has 1 aromatic carbocycles. The van der Waals surface area contributed by atoms with Crippen LogP contribution in [0.3, 0.4) is 0 Å². The van der Waals surface area contributed by atoms with Crippen molar-refractivity contribution in [1.82, 2.24) is 4.98 Å². The summed E-state index contributed by atoms with van der Waals surface area (Å²) in [6.07, 6.45) is 1.45. The Morgan fingerprint density at radius 2 is 2.10 bits per heavy atom. The number of ether oxygens (including phenoxy) is 1. The Morgan fingerprint density at radius 3 is 2.70 bits per heavy atom. The number of benzene rings is 1. The minimum Gasteiger partial charge on any atom is -0.462 e. The maximum atomic E-state index is 11.5. The number of pyridine rings is 1. The molecule has 0 saturated heterocycles. The quantitative estimate of drug-likeness (QED) is 0.855. The van der Waals surface area contributed by atoms with E-state index in [0.29, 0.717) is 33.7 Å². The molecule has 0 aliphatic rings. The van der Waals surface area contributed by atoms with Crippen LogP contribution in [0.2, 0.25) is 10.0 Å². The van der Waals surface area contributed by atoms with E-state index in [2.05, 4.69) is 10.3 Å². The molecule has 4 nitrogen and oxygen atoms in total. The lowest BCUT2D eigenvalue weighted by Crippen LogP contribution is -2.05. The molecule has 0 fully saturated rings. The molecule has 0 saturated carbocycles.